The molecular weight excluding hydrogens is 316 g/mol. The van der Waals surface area contributed by atoms with Gasteiger partial charge < -0.3 is 18.9 Å². The van der Waals surface area contributed by atoms with Gasteiger partial charge in [-0.05, 0) is 18.9 Å². The molecule has 0 radical (unpaired) electrons. The molecule has 25 heavy (non-hydrogen) atoms. The van der Waals surface area contributed by atoms with Crippen molar-refractivity contribution in [2.24, 2.45) is 7.05 Å². The second-order valence-corrected chi connectivity index (χ2v) is 6.81. The van der Waals surface area contributed by atoms with Gasteiger partial charge in [-0.1, -0.05) is 24.3 Å². The van der Waals surface area contributed by atoms with Gasteiger partial charge in [0.25, 0.3) is 5.91 Å². The first-order valence-electron chi connectivity index (χ1n) is 8.90. The summed E-state index contributed by atoms with van der Waals surface area (Å²) in [7, 11) is 1.98. The van der Waals surface area contributed by atoms with Crippen LogP contribution in [0.5, 0.6) is 0 Å². The van der Waals surface area contributed by atoms with Crippen molar-refractivity contribution in [1.29, 1.82) is 0 Å². The number of hydrogen-bond donors (Lipinski definition) is 0. The summed E-state index contributed by atoms with van der Waals surface area (Å²) in [6.45, 7) is 5.38. The van der Waals surface area contributed by atoms with Crippen molar-refractivity contribution in [2.45, 2.75) is 31.1 Å². The summed E-state index contributed by atoms with van der Waals surface area (Å²) in [5, 5.41) is 0.998. The molecule has 5 nitrogen and oxygen atoms in total. The first-order valence-corrected chi connectivity index (χ1v) is 8.90. The van der Waals surface area contributed by atoms with E-state index in [1.54, 1.807) is 6.08 Å². The molecule has 1 saturated heterocycles. The quantitative estimate of drug-likeness (QED) is 0.804. The number of rotatable bonds is 4. The molecule has 0 N–H and O–H groups in total. The molecule has 2 aromatic rings. The normalized spacial score (nSPS) is 26.0. The highest BCUT2D eigenvalue weighted by Gasteiger charge is 2.45. The van der Waals surface area contributed by atoms with E-state index >= 15 is 0 Å². The lowest BCUT2D eigenvalue weighted by atomic mass is 10.1. The monoisotopic (exact) mass is 340 g/mol. The third kappa shape index (κ3) is 2.77. The SMILES string of the molecule is C=CCOC1C2CCC1N(C(=O)c1cn(C)c3ccccc13)CCO2. The number of nitrogens with zero attached hydrogens (tertiary/aromatic N) is 2. The molecule has 132 valence electrons. The Morgan fingerprint density at radius 1 is 1.40 bits per heavy atom. The van der Waals surface area contributed by atoms with Gasteiger partial charge in [-0.2, -0.15) is 0 Å². The third-order valence-electron chi connectivity index (χ3n) is 5.35. The minimum Gasteiger partial charge on any atom is -0.374 e. The fourth-order valence-corrected chi connectivity index (χ4v) is 4.21. The molecule has 1 aliphatic heterocycles. The molecule has 4 rings (SSSR count). The van der Waals surface area contributed by atoms with Gasteiger partial charge in [0.05, 0.1) is 30.9 Å². The van der Waals surface area contributed by atoms with Gasteiger partial charge in [0.1, 0.15) is 6.10 Å². The van der Waals surface area contributed by atoms with Crippen LogP contribution >= 0.6 is 0 Å². The molecule has 1 aromatic heterocycles. The number of aromatic nitrogens is 1. The minimum atomic E-state index is -0.0700. The Morgan fingerprint density at radius 2 is 2.24 bits per heavy atom. The Morgan fingerprint density at radius 3 is 3.08 bits per heavy atom. The lowest BCUT2D eigenvalue weighted by Gasteiger charge is -2.31. The van der Waals surface area contributed by atoms with E-state index in [1.165, 1.54) is 0 Å². The number of carbonyl (C=O) groups is 1. The lowest BCUT2D eigenvalue weighted by molar-refractivity contribution is -0.0434. The number of carbonyl (C=O) groups excluding carboxylic acids is 1. The largest absolute Gasteiger partial charge is 0.374 e. The van der Waals surface area contributed by atoms with Gasteiger partial charge in [-0.25, -0.2) is 0 Å². The first kappa shape index (κ1) is 16.4. The number of para-hydroxylation sites is 1. The zero-order valence-corrected chi connectivity index (χ0v) is 14.6. The van der Waals surface area contributed by atoms with E-state index in [-0.39, 0.29) is 24.2 Å². The van der Waals surface area contributed by atoms with Gasteiger partial charge in [-0.3, -0.25) is 4.79 Å². The molecule has 2 fully saturated rings. The number of aryl methyl sites for hydroxylation is 1. The van der Waals surface area contributed by atoms with E-state index in [1.807, 2.05) is 47.0 Å². The van der Waals surface area contributed by atoms with Crippen LogP contribution < -0.4 is 0 Å². The number of amides is 1. The van der Waals surface area contributed by atoms with Crippen LogP contribution in [0.4, 0.5) is 0 Å². The van der Waals surface area contributed by atoms with Crippen molar-refractivity contribution in [3.63, 3.8) is 0 Å². The lowest BCUT2D eigenvalue weighted by Crippen LogP contribution is -2.46. The van der Waals surface area contributed by atoms with Crippen LogP contribution in [-0.2, 0) is 16.5 Å². The highest BCUT2D eigenvalue weighted by atomic mass is 16.5. The maximum absolute atomic E-state index is 13.4. The summed E-state index contributed by atoms with van der Waals surface area (Å²) in [6, 6.07) is 8.10. The van der Waals surface area contributed by atoms with Crippen molar-refractivity contribution in [2.75, 3.05) is 19.8 Å². The van der Waals surface area contributed by atoms with Crippen LogP contribution in [0.25, 0.3) is 10.9 Å². The number of hydrogen-bond acceptors (Lipinski definition) is 3. The molecule has 2 aliphatic rings. The Labute approximate surface area is 147 Å². The molecule has 5 heteroatoms. The zero-order chi connectivity index (χ0) is 17.4. The standard InChI is InChI=1S/C20H24N2O3/c1-3-11-25-19-17-8-9-18(19)24-12-10-22(17)20(23)15-13-21(2)16-7-5-4-6-14(15)16/h3-7,13,17-19H,1,8-12H2,2H3. The summed E-state index contributed by atoms with van der Waals surface area (Å²) < 4.78 is 13.9. The molecule has 3 atom stereocenters. The molecule has 2 heterocycles. The summed E-state index contributed by atoms with van der Waals surface area (Å²) >= 11 is 0. The van der Waals surface area contributed by atoms with Crippen molar-refractivity contribution in [3.05, 3.63) is 48.7 Å². The van der Waals surface area contributed by atoms with Crippen LogP contribution in [0.1, 0.15) is 23.2 Å². The summed E-state index contributed by atoms with van der Waals surface area (Å²) in [5.41, 5.74) is 1.83. The minimum absolute atomic E-state index is 0.0684. The van der Waals surface area contributed by atoms with Crippen molar-refractivity contribution in [1.82, 2.24) is 9.47 Å². The molecule has 1 saturated carbocycles. The molecule has 3 unspecified atom stereocenters. The van der Waals surface area contributed by atoms with Crippen molar-refractivity contribution >= 4 is 16.8 Å². The molecule has 0 spiro atoms. The zero-order valence-electron chi connectivity index (χ0n) is 14.6. The van der Waals surface area contributed by atoms with E-state index in [9.17, 15) is 4.79 Å². The second-order valence-electron chi connectivity index (χ2n) is 6.81. The van der Waals surface area contributed by atoms with Crippen LogP contribution in [0, 0.1) is 0 Å². The summed E-state index contributed by atoms with van der Waals surface area (Å²) in [5.74, 6) is 0.0696. The Balaban J connectivity index is 1.67. The Kier molecular flexibility index (Phi) is 4.36. The molecule has 2 bridgehead atoms. The van der Waals surface area contributed by atoms with Crippen LogP contribution in [0.2, 0.25) is 0 Å². The average Bonchev–Trinajstić information content (AvgIpc) is 3.10. The van der Waals surface area contributed by atoms with Gasteiger partial charge in [0, 0.05) is 30.7 Å². The highest BCUT2D eigenvalue weighted by molar-refractivity contribution is 6.07. The fourth-order valence-electron chi connectivity index (χ4n) is 4.21. The number of fused-ring (bicyclic) bond motifs is 3. The van der Waals surface area contributed by atoms with E-state index in [0.717, 1.165) is 29.3 Å². The van der Waals surface area contributed by atoms with Gasteiger partial charge in [0.15, 0.2) is 0 Å². The Hall–Kier alpha value is -2.11. The highest BCUT2D eigenvalue weighted by Crippen LogP contribution is 2.33. The second kappa shape index (κ2) is 6.65. The predicted octanol–water partition coefficient (Wildman–Crippen LogP) is 2.75. The van der Waals surface area contributed by atoms with E-state index in [2.05, 4.69) is 6.58 Å². The van der Waals surface area contributed by atoms with Gasteiger partial charge in [0.2, 0.25) is 0 Å². The van der Waals surface area contributed by atoms with E-state index in [0.29, 0.717) is 19.8 Å². The van der Waals surface area contributed by atoms with Crippen LogP contribution in [0.15, 0.2) is 43.1 Å². The topological polar surface area (TPSA) is 43.7 Å². The molecule has 1 aliphatic carbocycles. The maximum Gasteiger partial charge on any atom is 0.256 e. The fraction of sp³-hybridized carbons (Fsp3) is 0.450. The predicted molar refractivity (Wildman–Crippen MR) is 96.7 cm³/mol. The van der Waals surface area contributed by atoms with Crippen LogP contribution in [0.3, 0.4) is 0 Å². The number of ether oxygens (including phenoxy) is 2. The summed E-state index contributed by atoms with van der Waals surface area (Å²) in [6.07, 6.45) is 5.55. The Bertz CT molecular complexity index is 797. The number of benzene rings is 1. The van der Waals surface area contributed by atoms with Crippen molar-refractivity contribution < 1.29 is 14.3 Å². The molecule has 1 amide bonds. The van der Waals surface area contributed by atoms with Gasteiger partial charge in [-0.15, -0.1) is 6.58 Å². The first-order chi connectivity index (χ1) is 12.2. The van der Waals surface area contributed by atoms with E-state index in [4.69, 9.17) is 9.47 Å². The van der Waals surface area contributed by atoms with Crippen molar-refractivity contribution in [3.8, 4) is 0 Å². The smallest absolute Gasteiger partial charge is 0.256 e. The summed E-state index contributed by atoms with van der Waals surface area (Å²) in [4.78, 5) is 15.3. The molecule has 1 aromatic carbocycles. The maximum atomic E-state index is 13.4. The molecular formula is C20H24N2O3. The third-order valence-corrected chi connectivity index (χ3v) is 5.35. The van der Waals surface area contributed by atoms with E-state index < -0.39 is 0 Å². The van der Waals surface area contributed by atoms with Gasteiger partial charge >= 0.3 is 0 Å². The van der Waals surface area contributed by atoms with Crippen LogP contribution in [-0.4, -0.2) is 53.4 Å². The average molecular weight is 340 g/mol.